The molecule has 0 saturated carbocycles. The van der Waals surface area contributed by atoms with E-state index in [1.807, 2.05) is 12.1 Å². The first-order valence-corrected chi connectivity index (χ1v) is 8.40. The van der Waals surface area contributed by atoms with Crippen LogP contribution in [0.5, 0.6) is 0 Å². The Labute approximate surface area is 141 Å². The van der Waals surface area contributed by atoms with E-state index in [9.17, 15) is 14.4 Å². The molecule has 1 aromatic rings. The largest absolute Gasteiger partial charge is 0.439 e. The molecule has 2 heterocycles. The average molecular weight is 330 g/mol. The zero-order valence-corrected chi connectivity index (χ0v) is 14.0. The Balaban J connectivity index is 1.75. The Morgan fingerprint density at radius 1 is 1.33 bits per heavy atom. The van der Waals surface area contributed by atoms with Crippen LogP contribution in [0.4, 0.5) is 4.79 Å². The van der Waals surface area contributed by atoms with E-state index in [2.05, 4.69) is 31.3 Å². The number of carbonyl (C=O) groups is 3. The third-order valence-electron chi connectivity index (χ3n) is 4.89. The van der Waals surface area contributed by atoms with Crippen molar-refractivity contribution in [2.24, 2.45) is 0 Å². The molecule has 2 unspecified atom stereocenters. The van der Waals surface area contributed by atoms with Gasteiger partial charge in [-0.05, 0) is 29.9 Å². The molecule has 2 fully saturated rings. The van der Waals surface area contributed by atoms with Crippen LogP contribution in [0.3, 0.4) is 0 Å². The summed E-state index contributed by atoms with van der Waals surface area (Å²) in [5.74, 6) is -0.271. The van der Waals surface area contributed by atoms with Crippen molar-refractivity contribution >= 4 is 17.9 Å². The molecular weight excluding hydrogens is 308 g/mol. The molecule has 6 nitrogen and oxygen atoms in total. The molecule has 0 bridgehead atoms. The highest BCUT2D eigenvalue weighted by atomic mass is 16.6. The first kappa shape index (κ1) is 16.5. The second-order valence-electron chi connectivity index (χ2n) is 6.47. The molecule has 0 spiro atoms. The van der Waals surface area contributed by atoms with Gasteiger partial charge in [0.25, 0.3) is 0 Å². The van der Waals surface area contributed by atoms with E-state index < -0.39 is 18.0 Å². The van der Waals surface area contributed by atoms with Crippen molar-refractivity contribution in [3.8, 4) is 0 Å². The number of imide groups is 1. The van der Waals surface area contributed by atoms with Crippen molar-refractivity contribution in [1.82, 2.24) is 10.2 Å². The third kappa shape index (κ3) is 3.13. The third-order valence-corrected chi connectivity index (χ3v) is 4.89. The second-order valence-corrected chi connectivity index (χ2v) is 6.47. The lowest BCUT2D eigenvalue weighted by molar-refractivity contribution is -0.136. The second kappa shape index (κ2) is 6.63. The van der Waals surface area contributed by atoms with E-state index in [4.69, 9.17) is 4.74 Å². The van der Waals surface area contributed by atoms with Gasteiger partial charge in [0.1, 0.15) is 12.1 Å². The van der Waals surface area contributed by atoms with Crippen molar-refractivity contribution in [2.45, 2.75) is 51.2 Å². The molecule has 2 aliphatic rings. The molecule has 0 aromatic heterocycles. The number of nitrogens with zero attached hydrogens (tertiary/aromatic N) is 1. The summed E-state index contributed by atoms with van der Waals surface area (Å²) in [6.07, 6.45) is 0.750. The highest BCUT2D eigenvalue weighted by Crippen LogP contribution is 2.31. The van der Waals surface area contributed by atoms with Gasteiger partial charge in [-0.15, -0.1) is 0 Å². The fourth-order valence-electron chi connectivity index (χ4n) is 3.19. The van der Waals surface area contributed by atoms with Crippen molar-refractivity contribution in [3.63, 3.8) is 0 Å². The molecule has 0 aliphatic carbocycles. The van der Waals surface area contributed by atoms with Crippen LogP contribution in [-0.4, -0.2) is 35.4 Å². The van der Waals surface area contributed by atoms with Gasteiger partial charge in [-0.3, -0.25) is 19.8 Å². The highest BCUT2D eigenvalue weighted by Gasteiger charge is 2.41. The molecule has 1 N–H and O–H groups in total. The van der Waals surface area contributed by atoms with Crippen molar-refractivity contribution in [2.75, 3.05) is 6.54 Å². The minimum atomic E-state index is -0.627. The van der Waals surface area contributed by atoms with Crippen LogP contribution >= 0.6 is 0 Å². The lowest BCUT2D eigenvalue weighted by Gasteiger charge is -2.27. The maximum atomic E-state index is 12.2. The van der Waals surface area contributed by atoms with E-state index in [1.165, 1.54) is 10.5 Å². The fourth-order valence-corrected chi connectivity index (χ4v) is 3.19. The Hall–Kier alpha value is -2.37. The molecule has 6 heteroatoms. The molecule has 3 rings (SSSR count). The highest BCUT2D eigenvalue weighted by molar-refractivity contribution is 6.01. The van der Waals surface area contributed by atoms with E-state index in [0.29, 0.717) is 18.9 Å². The standard InChI is InChI=1S/C18H22N2O4/c1-3-11(2)12-5-4-6-13(9-12)15-10-20(18(23)24-15)14-7-8-16(21)19-17(14)22/h4-6,9,11,14-15H,3,7-8,10H2,1-2H3,(H,19,21,22)/t11?,14?,15-/m1/s1. The van der Waals surface area contributed by atoms with Crippen LogP contribution in [0.25, 0.3) is 0 Å². The number of piperidine rings is 1. The zero-order valence-electron chi connectivity index (χ0n) is 14.0. The number of hydrogen-bond donors (Lipinski definition) is 1. The van der Waals surface area contributed by atoms with Crippen molar-refractivity contribution in [3.05, 3.63) is 35.4 Å². The molecule has 128 valence electrons. The van der Waals surface area contributed by atoms with E-state index in [1.54, 1.807) is 0 Å². The number of ether oxygens (including phenoxy) is 1. The SMILES string of the molecule is CCC(C)c1cccc([C@H]2CN(C3CCC(=O)NC3=O)C(=O)O2)c1. The topological polar surface area (TPSA) is 75.7 Å². The molecule has 3 atom stereocenters. The quantitative estimate of drug-likeness (QED) is 0.861. The summed E-state index contributed by atoms with van der Waals surface area (Å²) < 4.78 is 5.48. The number of cyclic esters (lactones) is 1. The van der Waals surface area contributed by atoms with Crippen LogP contribution in [0.15, 0.2) is 24.3 Å². The van der Waals surface area contributed by atoms with Crippen LogP contribution in [0.2, 0.25) is 0 Å². The van der Waals surface area contributed by atoms with Gasteiger partial charge < -0.3 is 4.74 Å². The lowest BCUT2D eigenvalue weighted by atomic mass is 9.95. The number of rotatable bonds is 4. The van der Waals surface area contributed by atoms with Gasteiger partial charge in [0.05, 0.1) is 6.54 Å². The molecule has 1 aromatic carbocycles. The summed E-state index contributed by atoms with van der Waals surface area (Å²) >= 11 is 0. The summed E-state index contributed by atoms with van der Waals surface area (Å²) in [6.45, 7) is 4.63. The van der Waals surface area contributed by atoms with Crippen LogP contribution in [-0.2, 0) is 14.3 Å². The molecule has 2 aliphatic heterocycles. The minimum Gasteiger partial charge on any atom is -0.439 e. The van der Waals surface area contributed by atoms with Gasteiger partial charge in [-0.2, -0.15) is 0 Å². The number of benzene rings is 1. The first-order valence-electron chi connectivity index (χ1n) is 8.40. The van der Waals surface area contributed by atoms with Gasteiger partial charge >= 0.3 is 6.09 Å². The summed E-state index contributed by atoms with van der Waals surface area (Å²) in [5.41, 5.74) is 2.15. The van der Waals surface area contributed by atoms with E-state index in [-0.39, 0.29) is 18.4 Å². The summed E-state index contributed by atoms with van der Waals surface area (Å²) in [7, 11) is 0. The number of carbonyl (C=O) groups excluding carboxylic acids is 3. The lowest BCUT2D eigenvalue weighted by Crippen LogP contribution is -2.52. The zero-order chi connectivity index (χ0) is 17.3. The van der Waals surface area contributed by atoms with E-state index in [0.717, 1.165) is 12.0 Å². The first-order chi connectivity index (χ1) is 11.5. The predicted octanol–water partition coefficient (Wildman–Crippen LogP) is 2.50. The maximum absolute atomic E-state index is 12.2. The van der Waals surface area contributed by atoms with Crippen LogP contribution in [0.1, 0.15) is 56.3 Å². The number of hydrogen-bond acceptors (Lipinski definition) is 4. The normalized spacial score (nSPS) is 25.4. The van der Waals surface area contributed by atoms with Gasteiger partial charge in [0, 0.05) is 6.42 Å². The summed E-state index contributed by atoms with van der Waals surface area (Å²) in [5, 5.41) is 2.29. The summed E-state index contributed by atoms with van der Waals surface area (Å²) in [4.78, 5) is 36.9. The molecular formula is C18H22N2O4. The molecule has 3 amide bonds. The van der Waals surface area contributed by atoms with Gasteiger partial charge in [0.2, 0.25) is 11.8 Å². The Kier molecular flexibility index (Phi) is 4.55. The number of nitrogens with one attached hydrogen (secondary N) is 1. The van der Waals surface area contributed by atoms with Gasteiger partial charge in [0.15, 0.2) is 0 Å². The Morgan fingerprint density at radius 2 is 2.12 bits per heavy atom. The molecule has 2 saturated heterocycles. The molecule has 24 heavy (non-hydrogen) atoms. The smallest absolute Gasteiger partial charge is 0.411 e. The number of amides is 3. The summed E-state index contributed by atoms with van der Waals surface area (Å²) in [6, 6.07) is 7.43. The van der Waals surface area contributed by atoms with Crippen molar-refractivity contribution in [1.29, 1.82) is 0 Å². The minimum absolute atomic E-state index is 0.244. The maximum Gasteiger partial charge on any atom is 0.411 e. The Morgan fingerprint density at radius 3 is 2.83 bits per heavy atom. The fraction of sp³-hybridized carbons (Fsp3) is 0.500. The van der Waals surface area contributed by atoms with Crippen molar-refractivity contribution < 1.29 is 19.1 Å². The van der Waals surface area contributed by atoms with Gasteiger partial charge in [-0.25, -0.2) is 4.79 Å². The average Bonchev–Trinajstić information content (AvgIpc) is 2.96. The monoisotopic (exact) mass is 330 g/mol. The van der Waals surface area contributed by atoms with Gasteiger partial charge in [-0.1, -0.05) is 38.1 Å². The van der Waals surface area contributed by atoms with Crippen LogP contribution in [0, 0.1) is 0 Å². The molecule has 0 radical (unpaired) electrons. The predicted molar refractivity (Wildman–Crippen MR) is 87.2 cm³/mol. The van der Waals surface area contributed by atoms with E-state index >= 15 is 0 Å². The Bertz CT molecular complexity index is 673. The van der Waals surface area contributed by atoms with Crippen LogP contribution < -0.4 is 5.32 Å².